The van der Waals surface area contributed by atoms with E-state index in [1.54, 1.807) is 4.68 Å². The van der Waals surface area contributed by atoms with Gasteiger partial charge in [-0.1, -0.05) is 24.9 Å². The molecule has 2 aromatic heterocycles. The first-order valence-corrected chi connectivity index (χ1v) is 5.80. The zero-order valence-electron chi connectivity index (χ0n) is 9.81. The summed E-state index contributed by atoms with van der Waals surface area (Å²) in [6.07, 6.45) is 5.22. The Morgan fingerprint density at radius 3 is 2.88 bits per heavy atom. The maximum atomic E-state index is 6.12. The van der Waals surface area contributed by atoms with Crippen molar-refractivity contribution >= 4 is 17.4 Å². The first-order valence-electron chi connectivity index (χ1n) is 5.42. The number of anilines is 1. The molecule has 2 rings (SSSR count). The molecule has 0 atom stereocenters. The molecule has 0 saturated carbocycles. The van der Waals surface area contributed by atoms with Crippen LogP contribution in [-0.2, 0) is 13.5 Å². The highest BCUT2D eigenvalue weighted by Gasteiger charge is 2.15. The molecule has 0 spiro atoms. The van der Waals surface area contributed by atoms with Crippen molar-refractivity contribution in [1.82, 2.24) is 19.7 Å². The van der Waals surface area contributed by atoms with E-state index in [2.05, 4.69) is 22.0 Å². The third kappa shape index (κ3) is 2.24. The molecular weight excluding hydrogens is 238 g/mol. The molecule has 0 aliphatic carbocycles. The maximum absolute atomic E-state index is 6.12. The van der Waals surface area contributed by atoms with Crippen molar-refractivity contribution in [2.75, 3.05) is 5.73 Å². The number of nitrogens with two attached hydrogens (primary N) is 1. The Balaban J connectivity index is 2.55. The Morgan fingerprint density at radius 2 is 2.18 bits per heavy atom. The normalized spacial score (nSPS) is 10.8. The SMILES string of the molecule is CCCc1nn(C)cc1-c1ncnc(N)c1Cl. The van der Waals surface area contributed by atoms with E-state index in [1.165, 1.54) is 6.33 Å². The van der Waals surface area contributed by atoms with Gasteiger partial charge in [-0.3, -0.25) is 4.68 Å². The van der Waals surface area contributed by atoms with E-state index in [-0.39, 0.29) is 0 Å². The van der Waals surface area contributed by atoms with Crippen LogP contribution < -0.4 is 5.73 Å². The first kappa shape index (κ1) is 11.9. The fraction of sp³-hybridized carbons (Fsp3) is 0.364. The van der Waals surface area contributed by atoms with Crippen LogP contribution in [0.2, 0.25) is 5.02 Å². The van der Waals surface area contributed by atoms with Crippen LogP contribution in [0.25, 0.3) is 11.3 Å². The second-order valence-electron chi connectivity index (χ2n) is 3.83. The highest BCUT2D eigenvalue weighted by molar-refractivity contribution is 6.35. The summed E-state index contributed by atoms with van der Waals surface area (Å²) in [5, 5.41) is 4.79. The van der Waals surface area contributed by atoms with Gasteiger partial charge in [0.1, 0.15) is 17.2 Å². The second kappa shape index (κ2) is 4.71. The van der Waals surface area contributed by atoms with E-state index < -0.39 is 0 Å². The molecule has 0 radical (unpaired) electrons. The summed E-state index contributed by atoms with van der Waals surface area (Å²) in [4.78, 5) is 8.04. The molecule has 2 N–H and O–H groups in total. The lowest BCUT2D eigenvalue weighted by Crippen LogP contribution is -1.97. The van der Waals surface area contributed by atoms with Gasteiger partial charge in [0.05, 0.1) is 11.4 Å². The van der Waals surface area contributed by atoms with Gasteiger partial charge in [0.2, 0.25) is 0 Å². The van der Waals surface area contributed by atoms with E-state index >= 15 is 0 Å². The fourth-order valence-corrected chi connectivity index (χ4v) is 1.92. The number of aromatic nitrogens is 4. The topological polar surface area (TPSA) is 69.6 Å². The Morgan fingerprint density at radius 1 is 1.41 bits per heavy atom. The predicted molar refractivity (Wildman–Crippen MR) is 67.7 cm³/mol. The third-order valence-electron chi connectivity index (χ3n) is 2.46. The zero-order chi connectivity index (χ0) is 12.4. The Bertz CT molecular complexity index is 535. The van der Waals surface area contributed by atoms with Crippen molar-refractivity contribution in [1.29, 1.82) is 0 Å². The molecule has 90 valence electrons. The summed E-state index contributed by atoms with van der Waals surface area (Å²) in [6.45, 7) is 2.11. The molecule has 0 aliphatic heterocycles. The number of nitrogen functional groups attached to an aromatic ring is 1. The standard InChI is InChI=1S/C11H14ClN5/c1-3-4-8-7(5-17(2)16-8)10-9(12)11(13)15-6-14-10/h5-6H,3-4H2,1-2H3,(H2,13,14,15). The molecule has 0 fully saturated rings. The Hall–Kier alpha value is -1.62. The summed E-state index contributed by atoms with van der Waals surface area (Å²) in [5.74, 6) is 0.294. The molecule has 0 amide bonds. The minimum atomic E-state index is 0.294. The van der Waals surface area contributed by atoms with Gasteiger partial charge < -0.3 is 5.73 Å². The van der Waals surface area contributed by atoms with Gasteiger partial charge in [-0.05, 0) is 6.42 Å². The predicted octanol–water partition coefficient (Wildman–Crippen LogP) is 2.07. The van der Waals surface area contributed by atoms with Gasteiger partial charge in [0, 0.05) is 18.8 Å². The van der Waals surface area contributed by atoms with E-state index in [0.29, 0.717) is 16.5 Å². The minimum absolute atomic E-state index is 0.294. The average molecular weight is 252 g/mol. The Labute approximate surface area is 105 Å². The number of rotatable bonds is 3. The van der Waals surface area contributed by atoms with Crippen LogP contribution in [-0.4, -0.2) is 19.7 Å². The Kier molecular flexibility index (Phi) is 3.28. The number of hydrogen-bond acceptors (Lipinski definition) is 4. The van der Waals surface area contributed by atoms with Crippen LogP contribution in [0, 0.1) is 0 Å². The number of aryl methyl sites for hydroxylation is 2. The minimum Gasteiger partial charge on any atom is -0.382 e. The molecule has 0 aromatic carbocycles. The quantitative estimate of drug-likeness (QED) is 0.907. The maximum Gasteiger partial charge on any atom is 0.146 e. The fourth-order valence-electron chi connectivity index (χ4n) is 1.73. The first-order chi connectivity index (χ1) is 8.13. The lowest BCUT2D eigenvalue weighted by atomic mass is 10.1. The van der Waals surface area contributed by atoms with Gasteiger partial charge in [-0.2, -0.15) is 5.10 Å². The highest BCUT2D eigenvalue weighted by atomic mass is 35.5. The van der Waals surface area contributed by atoms with Gasteiger partial charge in [0.25, 0.3) is 0 Å². The van der Waals surface area contributed by atoms with Crippen LogP contribution in [0.5, 0.6) is 0 Å². The van der Waals surface area contributed by atoms with Crippen molar-refractivity contribution < 1.29 is 0 Å². The lowest BCUT2D eigenvalue weighted by molar-refractivity contribution is 0.733. The van der Waals surface area contributed by atoms with Crippen molar-refractivity contribution in [3.63, 3.8) is 0 Å². The zero-order valence-corrected chi connectivity index (χ0v) is 10.6. The smallest absolute Gasteiger partial charge is 0.146 e. The van der Waals surface area contributed by atoms with Crippen molar-refractivity contribution in [2.45, 2.75) is 19.8 Å². The second-order valence-corrected chi connectivity index (χ2v) is 4.21. The van der Waals surface area contributed by atoms with E-state index in [1.807, 2.05) is 13.2 Å². The van der Waals surface area contributed by atoms with Crippen LogP contribution in [0.3, 0.4) is 0 Å². The molecule has 0 unspecified atom stereocenters. The molecule has 0 aliphatic rings. The van der Waals surface area contributed by atoms with Crippen LogP contribution >= 0.6 is 11.6 Å². The van der Waals surface area contributed by atoms with Crippen LogP contribution in [0.1, 0.15) is 19.0 Å². The molecule has 17 heavy (non-hydrogen) atoms. The molecule has 6 heteroatoms. The molecule has 0 bridgehead atoms. The number of nitrogens with zero attached hydrogens (tertiary/aromatic N) is 4. The number of hydrogen-bond donors (Lipinski definition) is 1. The van der Waals surface area contributed by atoms with E-state index in [9.17, 15) is 0 Å². The highest BCUT2D eigenvalue weighted by Crippen LogP contribution is 2.30. The lowest BCUT2D eigenvalue weighted by Gasteiger charge is -2.04. The monoisotopic (exact) mass is 251 g/mol. The van der Waals surface area contributed by atoms with Gasteiger partial charge in [-0.25, -0.2) is 9.97 Å². The third-order valence-corrected chi connectivity index (χ3v) is 2.84. The van der Waals surface area contributed by atoms with Crippen LogP contribution in [0.15, 0.2) is 12.5 Å². The van der Waals surface area contributed by atoms with E-state index in [4.69, 9.17) is 17.3 Å². The summed E-state index contributed by atoms with van der Waals surface area (Å²) in [7, 11) is 1.88. The van der Waals surface area contributed by atoms with Crippen molar-refractivity contribution in [2.24, 2.45) is 7.05 Å². The molecule has 5 nitrogen and oxygen atoms in total. The molecule has 0 saturated heterocycles. The molecule has 2 aromatic rings. The summed E-state index contributed by atoms with van der Waals surface area (Å²) < 4.78 is 1.76. The van der Waals surface area contributed by atoms with Gasteiger partial charge in [0.15, 0.2) is 0 Å². The van der Waals surface area contributed by atoms with Crippen molar-refractivity contribution in [3.8, 4) is 11.3 Å². The average Bonchev–Trinajstić information content (AvgIpc) is 2.64. The molecular formula is C11H14ClN5. The van der Waals surface area contributed by atoms with Crippen molar-refractivity contribution in [3.05, 3.63) is 23.2 Å². The van der Waals surface area contributed by atoms with Crippen LogP contribution in [0.4, 0.5) is 5.82 Å². The summed E-state index contributed by atoms with van der Waals surface area (Å²) in [5.41, 5.74) is 8.23. The number of halogens is 1. The van der Waals surface area contributed by atoms with E-state index in [0.717, 1.165) is 24.1 Å². The van der Waals surface area contributed by atoms with Gasteiger partial charge >= 0.3 is 0 Å². The van der Waals surface area contributed by atoms with Gasteiger partial charge in [-0.15, -0.1) is 0 Å². The largest absolute Gasteiger partial charge is 0.382 e. The molecule has 2 heterocycles. The summed E-state index contributed by atoms with van der Waals surface area (Å²) in [6, 6.07) is 0. The summed E-state index contributed by atoms with van der Waals surface area (Å²) >= 11 is 6.12.